The van der Waals surface area contributed by atoms with Gasteiger partial charge in [-0.2, -0.15) is 0 Å². The van der Waals surface area contributed by atoms with E-state index < -0.39 is 5.82 Å². The molecule has 0 unspecified atom stereocenters. The number of carbonyl (C=O) groups is 1. The average Bonchev–Trinajstić information content (AvgIpc) is 3.47. The number of ether oxygens (including phenoxy) is 1. The first-order chi connectivity index (χ1) is 21.9. The van der Waals surface area contributed by atoms with Crippen LogP contribution in [0.4, 0.5) is 10.2 Å². The number of nitrogens with two attached hydrogens (primary N) is 1. The van der Waals surface area contributed by atoms with Gasteiger partial charge in [-0.05, 0) is 92.7 Å². The maximum absolute atomic E-state index is 14.3. The van der Waals surface area contributed by atoms with E-state index in [9.17, 15) is 9.18 Å². The third kappa shape index (κ3) is 6.86. The van der Waals surface area contributed by atoms with Crippen LogP contribution in [0.15, 0.2) is 78.8 Å². The molecule has 45 heavy (non-hydrogen) atoms. The van der Waals surface area contributed by atoms with E-state index in [1.54, 1.807) is 18.5 Å². The quantitative estimate of drug-likeness (QED) is 0.159. The van der Waals surface area contributed by atoms with Crippen molar-refractivity contribution in [2.75, 3.05) is 25.9 Å². The van der Waals surface area contributed by atoms with Crippen LogP contribution in [0.25, 0.3) is 27.7 Å². The predicted molar refractivity (Wildman–Crippen MR) is 175 cm³/mol. The van der Waals surface area contributed by atoms with Gasteiger partial charge < -0.3 is 26.1 Å². The number of H-pyrrole nitrogens is 1. The van der Waals surface area contributed by atoms with Gasteiger partial charge in [0.15, 0.2) is 0 Å². The molecule has 230 valence electrons. The zero-order chi connectivity index (χ0) is 31.3. The first-order valence-corrected chi connectivity index (χ1v) is 15.1. The minimum atomic E-state index is -0.431. The highest BCUT2D eigenvalue weighted by atomic mass is 19.1. The van der Waals surface area contributed by atoms with Crippen LogP contribution in [0.5, 0.6) is 5.75 Å². The fourth-order valence-corrected chi connectivity index (χ4v) is 5.87. The number of methoxy groups -OCH3 is 1. The molecule has 1 fully saturated rings. The van der Waals surface area contributed by atoms with Crippen LogP contribution >= 0.6 is 0 Å². The van der Waals surface area contributed by atoms with E-state index in [0.29, 0.717) is 40.6 Å². The Hall–Kier alpha value is -5.09. The number of rotatable bonds is 8. The number of piperidine rings is 1. The molecule has 1 aromatic carbocycles. The molecule has 6 N–H and O–H groups in total. The topological polar surface area (TPSA) is 142 Å². The molecule has 1 aliphatic heterocycles. The SMILES string of the molecule is COc1cc(F)cc(-c2nccc3[nH]c(C(=N)c4cc(C5=C/CC/C=C/C(NC(=O)CC6CCNCC6)=C\5)cnc4N)cc23)c1. The molecule has 9 nitrogen and oxygen atoms in total. The third-order valence-corrected chi connectivity index (χ3v) is 8.24. The number of aromatic amines is 1. The lowest BCUT2D eigenvalue weighted by Gasteiger charge is -2.22. The predicted octanol–water partition coefficient (Wildman–Crippen LogP) is 5.89. The van der Waals surface area contributed by atoms with Gasteiger partial charge in [0, 0.05) is 58.2 Å². The molecular formula is C35H36FN7O2. The summed E-state index contributed by atoms with van der Waals surface area (Å²) in [6, 6.07) is 9.93. The number of allylic oxidation sites excluding steroid dienone is 5. The second-order valence-corrected chi connectivity index (χ2v) is 11.4. The molecule has 3 aromatic heterocycles. The summed E-state index contributed by atoms with van der Waals surface area (Å²) in [6.07, 6.45) is 15.6. The van der Waals surface area contributed by atoms with Crippen molar-refractivity contribution in [3.8, 4) is 17.0 Å². The fraction of sp³-hybridized carbons (Fsp3) is 0.257. The van der Waals surface area contributed by atoms with Crippen molar-refractivity contribution in [1.29, 1.82) is 5.41 Å². The summed E-state index contributed by atoms with van der Waals surface area (Å²) < 4.78 is 19.6. The number of amides is 1. The van der Waals surface area contributed by atoms with E-state index in [4.69, 9.17) is 15.9 Å². The first-order valence-electron chi connectivity index (χ1n) is 15.1. The van der Waals surface area contributed by atoms with E-state index in [1.165, 1.54) is 19.2 Å². The normalized spacial score (nSPS) is 18.6. The van der Waals surface area contributed by atoms with E-state index in [0.717, 1.165) is 66.5 Å². The van der Waals surface area contributed by atoms with Gasteiger partial charge in [-0.1, -0.05) is 12.2 Å². The standard InChI is InChI=1S/C35H36FN7O2/c1-45-27-16-23(14-25(36)18-27)34-28-19-31(43-30(28)9-12-40-34)33(37)29-17-24(20-41-35(29)38)22-5-3-2-4-6-26(15-22)42-32(44)13-21-7-10-39-11-8-21/h4-6,9,12,14-21,37,39,43H,2-3,7-8,10-11,13H2,1H3,(H2,38,41)(H,42,44)/b6-4+,22-5+,26-15+,37-33?. The molecular weight excluding hydrogens is 569 g/mol. The second-order valence-electron chi connectivity index (χ2n) is 11.4. The van der Waals surface area contributed by atoms with Crippen molar-refractivity contribution in [3.63, 3.8) is 0 Å². The number of anilines is 1. The second kappa shape index (κ2) is 13.3. The minimum absolute atomic E-state index is 0.0139. The molecule has 1 aliphatic carbocycles. The Morgan fingerprint density at radius 1 is 1.13 bits per heavy atom. The van der Waals surface area contributed by atoms with E-state index in [1.807, 2.05) is 30.4 Å². The number of aromatic nitrogens is 3. The van der Waals surface area contributed by atoms with Gasteiger partial charge in [0.2, 0.25) is 5.91 Å². The Morgan fingerprint density at radius 3 is 2.80 bits per heavy atom. The minimum Gasteiger partial charge on any atom is -0.497 e. The lowest BCUT2D eigenvalue weighted by Crippen LogP contribution is -2.31. The molecule has 0 saturated carbocycles. The number of pyridine rings is 2. The van der Waals surface area contributed by atoms with Gasteiger partial charge in [-0.3, -0.25) is 15.2 Å². The summed E-state index contributed by atoms with van der Waals surface area (Å²) >= 11 is 0. The zero-order valence-electron chi connectivity index (χ0n) is 25.1. The highest BCUT2D eigenvalue weighted by Crippen LogP contribution is 2.32. The van der Waals surface area contributed by atoms with Crippen molar-refractivity contribution in [1.82, 2.24) is 25.6 Å². The van der Waals surface area contributed by atoms with Gasteiger partial charge in [0.25, 0.3) is 0 Å². The number of nitrogen functional groups attached to an aromatic ring is 1. The van der Waals surface area contributed by atoms with Crippen LogP contribution in [-0.2, 0) is 4.79 Å². The summed E-state index contributed by atoms with van der Waals surface area (Å²) in [5.41, 5.74) is 11.7. The van der Waals surface area contributed by atoms with Crippen molar-refractivity contribution < 1.29 is 13.9 Å². The Balaban J connectivity index is 1.28. The number of halogens is 1. The maximum atomic E-state index is 14.3. The molecule has 10 heteroatoms. The summed E-state index contributed by atoms with van der Waals surface area (Å²) in [5.74, 6) is 0.587. The van der Waals surface area contributed by atoms with E-state index in [-0.39, 0.29) is 17.4 Å². The van der Waals surface area contributed by atoms with E-state index in [2.05, 4.69) is 37.7 Å². The van der Waals surface area contributed by atoms with Gasteiger partial charge in [-0.15, -0.1) is 0 Å². The maximum Gasteiger partial charge on any atom is 0.224 e. The van der Waals surface area contributed by atoms with Crippen molar-refractivity contribution in [3.05, 3.63) is 101 Å². The molecule has 2 aliphatic rings. The van der Waals surface area contributed by atoms with Crippen LogP contribution < -0.4 is 21.1 Å². The lowest BCUT2D eigenvalue weighted by molar-refractivity contribution is -0.121. The van der Waals surface area contributed by atoms with Crippen molar-refractivity contribution in [2.45, 2.75) is 32.1 Å². The Bertz CT molecular complexity index is 1850. The lowest BCUT2D eigenvalue weighted by atomic mass is 9.94. The number of nitrogens with zero attached hydrogens (tertiary/aromatic N) is 2. The van der Waals surface area contributed by atoms with Crippen LogP contribution in [0.2, 0.25) is 0 Å². The summed E-state index contributed by atoms with van der Waals surface area (Å²) in [7, 11) is 1.49. The summed E-state index contributed by atoms with van der Waals surface area (Å²) in [5, 5.41) is 16.3. The third-order valence-electron chi connectivity index (χ3n) is 8.24. The van der Waals surface area contributed by atoms with Gasteiger partial charge >= 0.3 is 0 Å². The number of carbonyl (C=O) groups excluding carboxylic acids is 1. The number of benzene rings is 1. The van der Waals surface area contributed by atoms with Crippen LogP contribution in [0.3, 0.4) is 0 Å². The molecule has 1 amide bonds. The molecule has 0 radical (unpaired) electrons. The molecule has 4 aromatic rings. The molecule has 6 rings (SSSR count). The largest absolute Gasteiger partial charge is 0.497 e. The highest BCUT2D eigenvalue weighted by Gasteiger charge is 2.19. The molecule has 1 saturated heterocycles. The molecule has 0 bridgehead atoms. The van der Waals surface area contributed by atoms with Crippen molar-refractivity contribution in [2.24, 2.45) is 5.92 Å². The number of hydrogen-bond donors (Lipinski definition) is 5. The Morgan fingerprint density at radius 2 is 1.98 bits per heavy atom. The smallest absolute Gasteiger partial charge is 0.224 e. The van der Waals surface area contributed by atoms with Gasteiger partial charge in [0.05, 0.1) is 24.2 Å². The van der Waals surface area contributed by atoms with Gasteiger partial charge in [0.1, 0.15) is 17.4 Å². The van der Waals surface area contributed by atoms with Gasteiger partial charge in [-0.25, -0.2) is 9.37 Å². The van der Waals surface area contributed by atoms with Crippen LogP contribution in [0.1, 0.15) is 48.9 Å². The Labute approximate surface area is 261 Å². The monoisotopic (exact) mass is 605 g/mol. The summed E-state index contributed by atoms with van der Waals surface area (Å²) in [6.45, 7) is 1.90. The summed E-state index contributed by atoms with van der Waals surface area (Å²) in [4.78, 5) is 25.1. The molecule has 4 heterocycles. The first kappa shape index (κ1) is 30.0. The van der Waals surface area contributed by atoms with Crippen LogP contribution in [-0.4, -0.2) is 46.8 Å². The van der Waals surface area contributed by atoms with Crippen molar-refractivity contribution >= 4 is 33.9 Å². The molecule has 0 atom stereocenters. The highest BCUT2D eigenvalue weighted by molar-refractivity contribution is 6.15. The Kier molecular flexibility index (Phi) is 8.84. The fourth-order valence-electron chi connectivity index (χ4n) is 5.87. The van der Waals surface area contributed by atoms with Crippen LogP contribution in [0, 0.1) is 17.1 Å². The van der Waals surface area contributed by atoms with E-state index >= 15 is 0 Å². The average molecular weight is 606 g/mol. The molecule has 0 spiro atoms. The zero-order valence-corrected chi connectivity index (χ0v) is 25.1. The number of fused-ring (bicyclic) bond motifs is 1. The number of nitrogens with one attached hydrogen (secondary N) is 4. The number of hydrogen-bond acceptors (Lipinski definition) is 7.